The van der Waals surface area contributed by atoms with E-state index in [0.29, 0.717) is 6.54 Å². The van der Waals surface area contributed by atoms with Crippen molar-refractivity contribution in [2.75, 3.05) is 6.54 Å². The molecular weight excluding hydrogens is 198 g/mol. The molecule has 0 heterocycles. The molecule has 0 fully saturated rings. The van der Waals surface area contributed by atoms with E-state index < -0.39 is 0 Å². The number of nitrogens with two attached hydrogens (primary N) is 2. The Kier molecular flexibility index (Phi) is 5.72. The molecule has 0 spiro atoms. The summed E-state index contributed by atoms with van der Waals surface area (Å²) in [5.74, 6) is 0.159. The lowest BCUT2D eigenvalue weighted by Crippen LogP contribution is -2.23. The third kappa shape index (κ3) is 4.72. The van der Waals surface area contributed by atoms with Crippen LogP contribution in [-0.2, 0) is 6.42 Å². The highest BCUT2D eigenvalue weighted by Crippen LogP contribution is 2.03. The average molecular weight is 214 g/mol. The zero-order valence-corrected chi connectivity index (χ0v) is 9.05. The first-order valence-corrected chi connectivity index (χ1v) is 4.29. The van der Waals surface area contributed by atoms with Gasteiger partial charge in [0.15, 0.2) is 5.96 Å². The molecule has 0 atom stereocenters. The number of rotatable bonds is 3. The number of benzene rings is 1. The largest absolute Gasteiger partial charge is 0.370 e. The summed E-state index contributed by atoms with van der Waals surface area (Å²) >= 11 is 0. The third-order valence-corrected chi connectivity index (χ3v) is 1.82. The fraction of sp³-hybridized carbons (Fsp3) is 0.300. The fourth-order valence-electron chi connectivity index (χ4n) is 1.07. The van der Waals surface area contributed by atoms with Crippen molar-refractivity contribution in [3.05, 3.63) is 35.4 Å². The molecule has 0 saturated carbocycles. The van der Waals surface area contributed by atoms with Crippen molar-refractivity contribution < 1.29 is 0 Å². The number of halogens is 1. The SMILES string of the molecule is Cc1ccc(CCN=C(N)N)cc1.Cl. The molecule has 1 aromatic rings. The molecule has 0 amide bonds. The van der Waals surface area contributed by atoms with Crippen molar-refractivity contribution >= 4 is 18.4 Å². The number of aliphatic imine (C=N–C) groups is 1. The zero-order chi connectivity index (χ0) is 9.68. The maximum atomic E-state index is 5.21. The Bertz CT molecular complexity index is 289. The Balaban J connectivity index is 0.00000169. The number of guanidine groups is 1. The van der Waals surface area contributed by atoms with Gasteiger partial charge in [-0.2, -0.15) is 0 Å². The minimum atomic E-state index is 0. The fourth-order valence-corrected chi connectivity index (χ4v) is 1.07. The molecule has 0 aromatic heterocycles. The van der Waals surface area contributed by atoms with Gasteiger partial charge in [0.2, 0.25) is 0 Å². The molecule has 3 nitrogen and oxygen atoms in total. The molecule has 1 aromatic carbocycles. The zero-order valence-electron chi connectivity index (χ0n) is 8.23. The van der Waals surface area contributed by atoms with Gasteiger partial charge in [0.25, 0.3) is 0 Å². The second kappa shape index (κ2) is 6.27. The Morgan fingerprint density at radius 1 is 1.21 bits per heavy atom. The summed E-state index contributed by atoms with van der Waals surface area (Å²) < 4.78 is 0. The second-order valence-corrected chi connectivity index (χ2v) is 3.04. The number of aryl methyl sites for hydroxylation is 1. The van der Waals surface area contributed by atoms with Crippen LogP contribution in [0.1, 0.15) is 11.1 Å². The number of nitrogens with zero attached hydrogens (tertiary/aromatic N) is 1. The van der Waals surface area contributed by atoms with Gasteiger partial charge in [-0.25, -0.2) is 0 Å². The normalized spacial score (nSPS) is 8.93. The van der Waals surface area contributed by atoms with Crippen LogP contribution in [0.5, 0.6) is 0 Å². The molecule has 78 valence electrons. The molecule has 4 N–H and O–H groups in total. The van der Waals surface area contributed by atoms with Gasteiger partial charge in [-0.15, -0.1) is 12.4 Å². The molecule has 0 radical (unpaired) electrons. The third-order valence-electron chi connectivity index (χ3n) is 1.82. The first kappa shape index (κ1) is 12.8. The lowest BCUT2D eigenvalue weighted by molar-refractivity contribution is 0.961. The van der Waals surface area contributed by atoms with Crippen molar-refractivity contribution in [2.45, 2.75) is 13.3 Å². The van der Waals surface area contributed by atoms with E-state index in [1.54, 1.807) is 0 Å². The van der Waals surface area contributed by atoms with E-state index in [4.69, 9.17) is 11.5 Å². The van der Waals surface area contributed by atoms with Crippen LogP contribution in [0.4, 0.5) is 0 Å². The van der Waals surface area contributed by atoms with E-state index in [0.717, 1.165) is 6.42 Å². The van der Waals surface area contributed by atoms with Crippen LogP contribution in [0.2, 0.25) is 0 Å². The second-order valence-electron chi connectivity index (χ2n) is 3.04. The molecule has 4 heteroatoms. The predicted octanol–water partition coefficient (Wildman–Crippen LogP) is 1.23. The summed E-state index contributed by atoms with van der Waals surface area (Å²) in [5, 5.41) is 0. The van der Waals surface area contributed by atoms with Crippen molar-refractivity contribution in [3.8, 4) is 0 Å². The molecule has 0 saturated heterocycles. The highest BCUT2D eigenvalue weighted by molar-refractivity contribution is 5.85. The smallest absolute Gasteiger partial charge is 0.185 e. The standard InChI is InChI=1S/C10H15N3.ClH/c1-8-2-4-9(5-3-8)6-7-13-10(11)12;/h2-5H,6-7H2,1H3,(H4,11,12,13);1H. The molecule has 14 heavy (non-hydrogen) atoms. The van der Waals surface area contributed by atoms with Crippen LogP contribution in [0.25, 0.3) is 0 Å². The van der Waals surface area contributed by atoms with Gasteiger partial charge in [-0.3, -0.25) is 4.99 Å². The van der Waals surface area contributed by atoms with Crippen LogP contribution in [-0.4, -0.2) is 12.5 Å². The highest BCUT2D eigenvalue weighted by Gasteiger charge is 1.91. The van der Waals surface area contributed by atoms with E-state index >= 15 is 0 Å². The number of hydrogen-bond donors (Lipinski definition) is 2. The maximum Gasteiger partial charge on any atom is 0.185 e. The van der Waals surface area contributed by atoms with Gasteiger partial charge in [-0.05, 0) is 18.9 Å². The summed E-state index contributed by atoms with van der Waals surface area (Å²) in [6, 6.07) is 8.37. The molecule has 0 bridgehead atoms. The maximum absolute atomic E-state index is 5.21. The summed E-state index contributed by atoms with van der Waals surface area (Å²) in [6.07, 6.45) is 0.887. The van der Waals surface area contributed by atoms with E-state index in [-0.39, 0.29) is 18.4 Å². The van der Waals surface area contributed by atoms with Gasteiger partial charge in [-0.1, -0.05) is 29.8 Å². The lowest BCUT2D eigenvalue weighted by atomic mass is 10.1. The van der Waals surface area contributed by atoms with E-state index in [9.17, 15) is 0 Å². The van der Waals surface area contributed by atoms with Crippen molar-refractivity contribution in [2.24, 2.45) is 16.5 Å². The van der Waals surface area contributed by atoms with Crippen LogP contribution >= 0.6 is 12.4 Å². The Hall–Kier alpha value is -1.22. The topological polar surface area (TPSA) is 64.4 Å². The van der Waals surface area contributed by atoms with Gasteiger partial charge < -0.3 is 11.5 Å². The van der Waals surface area contributed by atoms with Gasteiger partial charge in [0.05, 0.1) is 0 Å². The molecule has 0 aliphatic heterocycles. The van der Waals surface area contributed by atoms with Gasteiger partial charge in [0.1, 0.15) is 0 Å². The molecule has 0 unspecified atom stereocenters. The van der Waals surface area contributed by atoms with Crippen molar-refractivity contribution in [1.29, 1.82) is 0 Å². The number of hydrogen-bond acceptors (Lipinski definition) is 1. The molecular formula is C10H16ClN3. The average Bonchev–Trinajstić information content (AvgIpc) is 2.08. The summed E-state index contributed by atoms with van der Waals surface area (Å²) in [4.78, 5) is 3.91. The minimum absolute atomic E-state index is 0. The monoisotopic (exact) mass is 213 g/mol. The van der Waals surface area contributed by atoms with E-state index in [1.165, 1.54) is 11.1 Å². The van der Waals surface area contributed by atoms with Crippen LogP contribution in [0, 0.1) is 6.92 Å². The minimum Gasteiger partial charge on any atom is -0.370 e. The predicted molar refractivity (Wildman–Crippen MR) is 62.8 cm³/mol. The quantitative estimate of drug-likeness (QED) is 0.586. The highest BCUT2D eigenvalue weighted by atomic mass is 35.5. The summed E-state index contributed by atoms with van der Waals surface area (Å²) in [6.45, 7) is 2.73. The van der Waals surface area contributed by atoms with Crippen molar-refractivity contribution in [3.63, 3.8) is 0 Å². The summed E-state index contributed by atoms with van der Waals surface area (Å²) in [7, 11) is 0. The lowest BCUT2D eigenvalue weighted by Gasteiger charge is -1.98. The Morgan fingerprint density at radius 3 is 2.29 bits per heavy atom. The Labute approximate surface area is 90.6 Å². The van der Waals surface area contributed by atoms with Crippen LogP contribution in [0.3, 0.4) is 0 Å². The van der Waals surface area contributed by atoms with Gasteiger partial charge in [0, 0.05) is 6.54 Å². The molecule has 1 rings (SSSR count). The van der Waals surface area contributed by atoms with Crippen LogP contribution in [0.15, 0.2) is 29.3 Å². The van der Waals surface area contributed by atoms with Crippen LogP contribution < -0.4 is 11.5 Å². The van der Waals surface area contributed by atoms with Crippen molar-refractivity contribution in [1.82, 2.24) is 0 Å². The Morgan fingerprint density at radius 2 is 1.79 bits per heavy atom. The van der Waals surface area contributed by atoms with E-state index in [2.05, 4.69) is 36.2 Å². The van der Waals surface area contributed by atoms with Gasteiger partial charge >= 0.3 is 0 Å². The van der Waals surface area contributed by atoms with E-state index in [1.807, 2.05) is 0 Å². The summed E-state index contributed by atoms with van der Waals surface area (Å²) in [5.41, 5.74) is 12.9. The molecule has 0 aliphatic rings. The first-order valence-electron chi connectivity index (χ1n) is 4.29. The molecule has 0 aliphatic carbocycles. The first-order chi connectivity index (χ1) is 6.18.